The van der Waals surface area contributed by atoms with E-state index in [2.05, 4.69) is 31.0 Å². The van der Waals surface area contributed by atoms with Crippen molar-refractivity contribution in [2.75, 3.05) is 19.6 Å². The van der Waals surface area contributed by atoms with Crippen molar-refractivity contribution in [3.05, 3.63) is 0 Å². The van der Waals surface area contributed by atoms with E-state index < -0.39 is 0 Å². The molecule has 4 unspecified atom stereocenters. The molecule has 0 bridgehead atoms. The molecule has 3 fully saturated rings. The van der Waals surface area contributed by atoms with E-state index in [0.717, 1.165) is 35.8 Å². The van der Waals surface area contributed by atoms with Crippen LogP contribution in [0.3, 0.4) is 0 Å². The van der Waals surface area contributed by atoms with E-state index in [1.165, 1.54) is 51.7 Å². The van der Waals surface area contributed by atoms with Crippen molar-refractivity contribution in [3.8, 4) is 0 Å². The lowest BCUT2D eigenvalue weighted by Crippen LogP contribution is -2.59. The second-order valence-electron chi connectivity index (χ2n) is 7.90. The second kappa shape index (κ2) is 5.73. The van der Waals surface area contributed by atoms with Gasteiger partial charge in [0.25, 0.3) is 0 Å². The molecule has 110 valence electrons. The van der Waals surface area contributed by atoms with Gasteiger partial charge in [0.1, 0.15) is 0 Å². The SMILES string of the molecule is CC1CCC(CN2CC(C3CC3)NCC2C(C)C)C1. The van der Waals surface area contributed by atoms with E-state index in [0.29, 0.717) is 0 Å². The summed E-state index contributed by atoms with van der Waals surface area (Å²) in [5.74, 6) is 3.74. The predicted octanol–water partition coefficient (Wildman–Crippen LogP) is 3.13. The first-order chi connectivity index (χ1) is 9.13. The van der Waals surface area contributed by atoms with Crippen molar-refractivity contribution < 1.29 is 0 Å². The first-order valence-corrected chi connectivity index (χ1v) is 8.61. The molecular weight excluding hydrogens is 232 g/mol. The third-order valence-electron chi connectivity index (χ3n) is 5.75. The average Bonchev–Trinajstić information content (AvgIpc) is 3.14. The first-order valence-electron chi connectivity index (χ1n) is 8.61. The summed E-state index contributed by atoms with van der Waals surface area (Å²) in [5.41, 5.74) is 0. The van der Waals surface area contributed by atoms with Gasteiger partial charge in [-0.2, -0.15) is 0 Å². The summed E-state index contributed by atoms with van der Waals surface area (Å²) in [6.45, 7) is 11.1. The standard InChI is InChI=1S/C17H32N2/c1-12(2)17-9-18-16(15-6-7-15)11-19(17)10-14-5-4-13(3)8-14/h12-18H,4-11H2,1-3H3. The summed E-state index contributed by atoms with van der Waals surface area (Å²) < 4.78 is 0. The lowest BCUT2D eigenvalue weighted by Gasteiger charge is -2.43. The smallest absolute Gasteiger partial charge is 0.0244 e. The summed E-state index contributed by atoms with van der Waals surface area (Å²) in [5, 5.41) is 3.83. The molecule has 0 spiro atoms. The van der Waals surface area contributed by atoms with Gasteiger partial charge in [-0.25, -0.2) is 0 Å². The van der Waals surface area contributed by atoms with Crippen LogP contribution in [0.2, 0.25) is 0 Å². The second-order valence-corrected chi connectivity index (χ2v) is 7.90. The monoisotopic (exact) mass is 264 g/mol. The number of hydrogen-bond donors (Lipinski definition) is 1. The zero-order valence-corrected chi connectivity index (χ0v) is 13.1. The van der Waals surface area contributed by atoms with Gasteiger partial charge in [0.2, 0.25) is 0 Å². The lowest BCUT2D eigenvalue weighted by molar-refractivity contribution is 0.0763. The highest BCUT2D eigenvalue weighted by molar-refractivity contribution is 4.96. The van der Waals surface area contributed by atoms with Crippen LogP contribution in [0.1, 0.15) is 52.9 Å². The molecule has 2 aliphatic carbocycles. The molecule has 1 N–H and O–H groups in total. The van der Waals surface area contributed by atoms with Crippen molar-refractivity contribution in [3.63, 3.8) is 0 Å². The molecular formula is C17H32N2. The first kappa shape index (κ1) is 13.9. The number of nitrogens with one attached hydrogen (secondary N) is 1. The number of piperazine rings is 1. The van der Waals surface area contributed by atoms with Gasteiger partial charge in [-0.3, -0.25) is 4.90 Å². The van der Waals surface area contributed by atoms with Crippen LogP contribution in [0.4, 0.5) is 0 Å². The van der Waals surface area contributed by atoms with Crippen LogP contribution in [0.15, 0.2) is 0 Å². The molecule has 1 saturated heterocycles. The molecule has 0 aromatic carbocycles. The summed E-state index contributed by atoms with van der Waals surface area (Å²) in [7, 11) is 0. The van der Waals surface area contributed by atoms with Crippen molar-refractivity contribution in [2.45, 2.75) is 65.0 Å². The summed E-state index contributed by atoms with van der Waals surface area (Å²) >= 11 is 0. The molecule has 3 rings (SSSR count). The molecule has 0 amide bonds. The quantitative estimate of drug-likeness (QED) is 0.839. The number of nitrogens with zero attached hydrogens (tertiary/aromatic N) is 1. The van der Waals surface area contributed by atoms with Crippen molar-refractivity contribution >= 4 is 0 Å². The fourth-order valence-electron chi connectivity index (χ4n) is 4.36. The molecule has 2 saturated carbocycles. The van der Waals surface area contributed by atoms with E-state index in [1.807, 2.05) is 0 Å². The van der Waals surface area contributed by atoms with Crippen LogP contribution in [-0.2, 0) is 0 Å². The molecule has 2 nitrogen and oxygen atoms in total. The minimum absolute atomic E-state index is 0.769. The minimum atomic E-state index is 0.769. The molecule has 2 heteroatoms. The molecule has 0 radical (unpaired) electrons. The third-order valence-corrected chi connectivity index (χ3v) is 5.75. The van der Waals surface area contributed by atoms with Crippen LogP contribution in [0.25, 0.3) is 0 Å². The van der Waals surface area contributed by atoms with E-state index in [4.69, 9.17) is 0 Å². The molecule has 0 aromatic rings. The molecule has 3 aliphatic rings. The van der Waals surface area contributed by atoms with Crippen LogP contribution < -0.4 is 5.32 Å². The van der Waals surface area contributed by atoms with Gasteiger partial charge in [0.05, 0.1) is 0 Å². The lowest BCUT2D eigenvalue weighted by atomic mass is 9.94. The predicted molar refractivity (Wildman–Crippen MR) is 81.2 cm³/mol. The Kier molecular flexibility index (Phi) is 4.19. The maximum atomic E-state index is 3.83. The zero-order chi connectivity index (χ0) is 13.4. The Labute approximate surface area is 119 Å². The van der Waals surface area contributed by atoms with Crippen LogP contribution in [0.5, 0.6) is 0 Å². The average molecular weight is 264 g/mol. The Morgan fingerprint density at radius 2 is 1.95 bits per heavy atom. The number of hydrogen-bond acceptors (Lipinski definition) is 2. The Bertz CT molecular complexity index is 298. The number of rotatable bonds is 4. The van der Waals surface area contributed by atoms with E-state index >= 15 is 0 Å². The molecule has 0 aromatic heterocycles. The normalized spacial score (nSPS) is 41.1. The van der Waals surface area contributed by atoms with Gasteiger partial charge in [0.15, 0.2) is 0 Å². The fraction of sp³-hybridized carbons (Fsp3) is 1.00. The highest BCUT2D eigenvalue weighted by Crippen LogP contribution is 2.36. The summed E-state index contributed by atoms with van der Waals surface area (Å²) in [4.78, 5) is 2.85. The van der Waals surface area contributed by atoms with E-state index in [1.54, 1.807) is 0 Å². The highest BCUT2D eigenvalue weighted by Gasteiger charge is 2.38. The maximum absolute atomic E-state index is 3.83. The molecule has 19 heavy (non-hydrogen) atoms. The largest absolute Gasteiger partial charge is 0.311 e. The van der Waals surface area contributed by atoms with Crippen molar-refractivity contribution in [2.24, 2.45) is 23.7 Å². The third kappa shape index (κ3) is 3.33. The van der Waals surface area contributed by atoms with Gasteiger partial charge >= 0.3 is 0 Å². The van der Waals surface area contributed by atoms with Gasteiger partial charge in [0, 0.05) is 31.7 Å². The van der Waals surface area contributed by atoms with Gasteiger partial charge in [-0.1, -0.05) is 27.2 Å². The van der Waals surface area contributed by atoms with Gasteiger partial charge < -0.3 is 5.32 Å². The van der Waals surface area contributed by atoms with Gasteiger partial charge in [-0.15, -0.1) is 0 Å². The Morgan fingerprint density at radius 1 is 1.16 bits per heavy atom. The van der Waals surface area contributed by atoms with Gasteiger partial charge in [-0.05, 0) is 49.4 Å². The van der Waals surface area contributed by atoms with E-state index in [-0.39, 0.29) is 0 Å². The Morgan fingerprint density at radius 3 is 2.53 bits per heavy atom. The maximum Gasteiger partial charge on any atom is 0.0244 e. The summed E-state index contributed by atoms with van der Waals surface area (Å²) in [6, 6.07) is 1.57. The van der Waals surface area contributed by atoms with Crippen LogP contribution in [-0.4, -0.2) is 36.6 Å². The zero-order valence-electron chi connectivity index (χ0n) is 13.1. The minimum Gasteiger partial charge on any atom is -0.311 e. The molecule has 1 aliphatic heterocycles. The molecule has 1 heterocycles. The Balaban J connectivity index is 1.59. The van der Waals surface area contributed by atoms with E-state index in [9.17, 15) is 0 Å². The molecule has 4 atom stereocenters. The van der Waals surface area contributed by atoms with Crippen LogP contribution >= 0.6 is 0 Å². The highest BCUT2D eigenvalue weighted by atomic mass is 15.2. The van der Waals surface area contributed by atoms with Crippen LogP contribution in [0, 0.1) is 23.7 Å². The summed E-state index contributed by atoms with van der Waals surface area (Å²) in [6.07, 6.45) is 7.36. The van der Waals surface area contributed by atoms with Crippen molar-refractivity contribution in [1.29, 1.82) is 0 Å². The van der Waals surface area contributed by atoms with Crippen molar-refractivity contribution in [1.82, 2.24) is 10.2 Å². The fourth-order valence-corrected chi connectivity index (χ4v) is 4.36. The Hall–Kier alpha value is -0.0800. The topological polar surface area (TPSA) is 15.3 Å².